The van der Waals surface area contributed by atoms with Crippen LogP contribution in [0.1, 0.15) is 25.3 Å². The molecule has 0 aliphatic heterocycles. The molecule has 3 heteroatoms. The lowest BCUT2D eigenvalue weighted by Crippen LogP contribution is -2.00. The SMILES string of the molecule is CCCC#CC(=N)OCc1ccc(Cl)cc1. The van der Waals surface area contributed by atoms with Gasteiger partial charge in [0, 0.05) is 11.4 Å². The molecule has 2 nitrogen and oxygen atoms in total. The molecule has 1 aromatic rings. The van der Waals surface area contributed by atoms with Gasteiger partial charge in [-0.15, -0.1) is 0 Å². The quantitative estimate of drug-likeness (QED) is 0.484. The number of benzene rings is 1. The fourth-order valence-electron chi connectivity index (χ4n) is 1.04. The molecular weight excluding hydrogens is 222 g/mol. The largest absolute Gasteiger partial charge is 0.467 e. The Morgan fingerprint density at radius 3 is 2.69 bits per heavy atom. The van der Waals surface area contributed by atoms with Crippen LogP contribution in [0.2, 0.25) is 5.02 Å². The Bertz CT molecular complexity index is 400. The second-order valence-corrected chi connectivity index (χ2v) is 3.73. The second-order valence-electron chi connectivity index (χ2n) is 3.30. The molecule has 0 spiro atoms. The van der Waals surface area contributed by atoms with Crippen molar-refractivity contribution in [2.75, 3.05) is 0 Å². The highest BCUT2D eigenvalue weighted by Crippen LogP contribution is 2.10. The van der Waals surface area contributed by atoms with Crippen LogP contribution >= 0.6 is 11.6 Å². The molecule has 0 amide bonds. The minimum Gasteiger partial charge on any atom is -0.467 e. The molecule has 0 radical (unpaired) electrons. The van der Waals surface area contributed by atoms with Crippen molar-refractivity contribution in [3.63, 3.8) is 0 Å². The molecule has 0 atom stereocenters. The molecule has 0 aliphatic rings. The van der Waals surface area contributed by atoms with Crippen LogP contribution in [0.3, 0.4) is 0 Å². The maximum atomic E-state index is 7.44. The predicted octanol–water partition coefficient (Wildman–Crippen LogP) is 3.64. The minimum absolute atomic E-state index is 0.0170. The van der Waals surface area contributed by atoms with E-state index in [9.17, 15) is 0 Å². The summed E-state index contributed by atoms with van der Waals surface area (Å²) in [5.74, 6) is 5.53. The zero-order valence-corrected chi connectivity index (χ0v) is 9.97. The number of nitrogens with one attached hydrogen (secondary N) is 1. The highest BCUT2D eigenvalue weighted by Gasteiger charge is 1.95. The van der Waals surface area contributed by atoms with E-state index >= 15 is 0 Å². The van der Waals surface area contributed by atoms with E-state index in [1.165, 1.54) is 0 Å². The van der Waals surface area contributed by atoms with Crippen LogP contribution in [0.5, 0.6) is 0 Å². The lowest BCUT2D eigenvalue weighted by Gasteiger charge is -2.02. The Morgan fingerprint density at radius 1 is 1.38 bits per heavy atom. The van der Waals surface area contributed by atoms with Crippen LogP contribution in [-0.2, 0) is 11.3 Å². The summed E-state index contributed by atoms with van der Waals surface area (Å²) in [6.07, 6.45) is 1.80. The van der Waals surface area contributed by atoms with Gasteiger partial charge in [-0.05, 0) is 30.0 Å². The van der Waals surface area contributed by atoms with Gasteiger partial charge < -0.3 is 4.74 Å². The lowest BCUT2D eigenvalue weighted by atomic mass is 10.2. The first-order valence-corrected chi connectivity index (χ1v) is 5.55. The summed E-state index contributed by atoms with van der Waals surface area (Å²) >= 11 is 5.75. The second kappa shape index (κ2) is 6.92. The first kappa shape index (κ1) is 12.6. The molecule has 0 aliphatic carbocycles. The molecule has 0 saturated carbocycles. The summed E-state index contributed by atoms with van der Waals surface area (Å²) in [4.78, 5) is 0. The van der Waals surface area contributed by atoms with Crippen molar-refractivity contribution in [3.05, 3.63) is 34.9 Å². The minimum atomic E-state index is 0.0170. The van der Waals surface area contributed by atoms with Crippen molar-refractivity contribution in [1.82, 2.24) is 0 Å². The van der Waals surface area contributed by atoms with E-state index in [-0.39, 0.29) is 5.90 Å². The van der Waals surface area contributed by atoms with Gasteiger partial charge in [-0.3, -0.25) is 5.41 Å². The Balaban J connectivity index is 2.38. The van der Waals surface area contributed by atoms with Crippen molar-refractivity contribution < 1.29 is 4.74 Å². The van der Waals surface area contributed by atoms with Crippen molar-refractivity contribution in [2.24, 2.45) is 0 Å². The molecule has 0 heterocycles. The van der Waals surface area contributed by atoms with E-state index in [1.807, 2.05) is 19.1 Å². The molecule has 1 rings (SSSR count). The van der Waals surface area contributed by atoms with Crippen LogP contribution in [0, 0.1) is 17.3 Å². The van der Waals surface area contributed by atoms with Gasteiger partial charge in [-0.1, -0.05) is 36.6 Å². The normalized spacial score (nSPS) is 9.12. The monoisotopic (exact) mass is 235 g/mol. The van der Waals surface area contributed by atoms with E-state index < -0.39 is 0 Å². The molecular formula is C13H14ClNO. The maximum absolute atomic E-state index is 7.44. The first-order chi connectivity index (χ1) is 7.72. The van der Waals surface area contributed by atoms with Gasteiger partial charge in [0.05, 0.1) is 0 Å². The van der Waals surface area contributed by atoms with E-state index in [0.29, 0.717) is 11.6 Å². The van der Waals surface area contributed by atoms with Crippen LogP contribution in [0.4, 0.5) is 0 Å². The average Bonchev–Trinajstić information content (AvgIpc) is 2.29. The van der Waals surface area contributed by atoms with Gasteiger partial charge >= 0.3 is 0 Å². The van der Waals surface area contributed by atoms with Gasteiger partial charge in [-0.25, -0.2) is 0 Å². The first-order valence-electron chi connectivity index (χ1n) is 5.17. The van der Waals surface area contributed by atoms with E-state index in [4.69, 9.17) is 21.7 Å². The summed E-state index contributed by atoms with van der Waals surface area (Å²) < 4.78 is 5.18. The predicted molar refractivity (Wildman–Crippen MR) is 66.7 cm³/mol. The molecule has 0 fully saturated rings. The summed E-state index contributed by atoms with van der Waals surface area (Å²) in [6, 6.07) is 7.34. The molecule has 84 valence electrons. The van der Waals surface area contributed by atoms with Crippen molar-refractivity contribution in [1.29, 1.82) is 5.41 Å². The van der Waals surface area contributed by atoms with E-state index in [0.717, 1.165) is 18.4 Å². The molecule has 0 saturated heterocycles. The van der Waals surface area contributed by atoms with Crippen LogP contribution in [-0.4, -0.2) is 5.90 Å². The number of halogens is 1. The van der Waals surface area contributed by atoms with Crippen LogP contribution in [0.15, 0.2) is 24.3 Å². The van der Waals surface area contributed by atoms with E-state index in [2.05, 4.69) is 11.8 Å². The number of unbranched alkanes of at least 4 members (excludes halogenated alkanes) is 1. The Hall–Kier alpha value is -1.46. The third-order valence-electron chi connectivity index (χ3n) is 1.87. The summed E-state index contributed by atoms with van der Waals surface area (Å²) in [5.41, 5.74) is 0.978. The lowest BCUT2D eigenvalue weighted by molar-refractivity contribution is 0.294. The third kappa shape index (κ3) is 4.86. The van der Waals surface area contributed by atoms with Crippen molar-refractivity contribution in [3.8, 4) is 11.8 Å². The highest BCUT2D eigenvalue weighted by molar-refractivity contribution is 6.30. The molecule has 16 heavy (non-hydrogen) atoms. The third-order valence-corrected chi connectivity index (χ3v) is 2.13. The van der Waals surface area contributed by atoms with Gasteiger partial charge in [0.2, 0.25) is 0 Å². The van der Waals surface area contributed by atoms with Crippen molar-refractivity contribution in [2.45, 2.75) is 26.4 Å². The standard InChI is InChI=1S/C13H14ClNO/c1-2-3-4-5-13(15)16-10-11-6-8-12(14)9-7-11/h6-9,15H,2-3,10H2,1H3. The number of rotatable bonds is 3. The van der Waals surface area contributed by atoms with Gasteiger partial charge in [0.1, 0.15) is 6.61 Å². The van der Waals surface area contributed by atoms with Gasteiger partial charge in [-0.2, -0.15) is 0 Å². The number of hydrogen-bond donors (Lipinski definition) is 1. The highest BCUT2D eigenvalue weighted by atomic mass is 35.5. The summed E-state index contributed by atoms with van der Waals surface area (Å²) in [6.45, 7) is 2.41. The fraction of sp³-hybridized carbons (Fsp3) is 0.308. The maximum Gasteiger partial charge on any atom is 0.260 e. The fourth-order valence-corrected chi connectivity index (χ4v) is 1.17. The summed E-state index contributed by atoms with van der Waals surface area (Å²) in [7, 11) is 0. The molecule has 1 N–H and O–H groups in total. The van der Waals surface area contributed by atoms with Crippen LogP contribution in [0.25, 0.3) is 0 Å². The zero-order valence-electron chi connectivity index (χ0n) is 9.22. The molecule has 0 unspecified atom stereocenters. The molecule has 0 bridgehead atoms. The molecule has 0 aromatic heterocycles. The Labute approximate surface area is 101 Å². The number of hydrogen-bond acceptors (Lipinski definition) is 2. The Kier molecular flexibility index (Phi) is 5.45. The number of ether oxygens (including phenoxy) is 1. The van der Waals surface area contributed by atoms with Gasteiger partial charge in [0.25, 0.3) is 5.90 Å². The summed E-state index contributed by atoms with van der Waals surface area (Å²) in [5, 5.41) is 8.13. The Morgan fingerprint density at radius 2 is 2.06 bits per heavy atom. The zero-order chi connectivity index (χ0) is 11.8. The van der Waals surface area contributed by atoms with Crippen molar-refractivity contribution >= 4 is 17.5 Å². The molecule has 1 aromatic carbocycles. The van der Waals surface area contributed by atoms with E-state index in [1.54, 1.807) is 12.1 Å². The van der Waals surface area contributed by atoms with Gasteiger partial charge in [0.15, 0.2) is 0 Å². The average molecular weight is 236 g/mol. The smallest absolute Gasteiger partial charge is 0.260 e. The topological polar surface area (TPSA) is 33.1 Å². The van der Waals surface area contributed by atoms with Crippen LogP contribution < -0.4 is 0 Å².